The first-order valence-electron chi connectivity index (χ1n) is 4.72. The zero-order chi connectivity index (χ0) is 9.71. The molecule has 0 radical (unpaired) electrons. The van der Waals surface area contributed by atoms with Crippen molar-refractivity contribution in [2.75, 3.05) is 0 Å². The summed E-state index contributed by atoms with van der Waals surface area (Å²) in [5.74, 6) is 0.964. The van der Waals surface area contributed by atoms with Crippen LogP contribution in [0, 0.1) is 13.8 Å². The molecule has 14 heavy (non-hydrogen) atoms. The van der Waals surface area contributed by atoms with E-state index >= 15 is 0 Å². The third-order valence-corrected chi connectivity index (χ3v) is 2.54. The van der Waals surface area contributed by atoms with Crippen molar-refractivity contribution in [3.05, 3.63) is 35.7 Å². The smallest absolute Gasteiger partial charge is 0.143 e. The summed E-state index contributed by atoms with van der Waals surface area (Å²) in [7, 11) is 0. The fourth-order valence-electron chi connectivity index (χ4n) is 1.97. The molecule has 0 atom stereocenters. The molecular weight excluding hydrogens is 174 g/mol. The lowest BCUT2D eigenvalue weighted by molar-refractivity contribution is 0.581. The lowest BCUT2D eigenvalue weighted by atomic mass is 10.2. The van der Waals surface area contributed by atoms with Crippen molar-refractivity contribution in [2.24, 2.45) is 0 Å². The molecular formula is C12H11NO. The van der Waals surface area contributed by atoms with E-state index in [1.54, 1.807) is 0 Å². The highest BCUT2D eigenvalue weighted by Crippen LogP contribution is 2.28. The van der Waals surface area contributed by atoms with Crippen LogP contribution in [0.2, 0.25) is 0 Å². The number of fused-ring (bicyclic) bond motifs is 3. The summed E-state index contributed by atoms with van der Waals surface area (Å²) in [4.78, 5) is 3.30. The summed E-state index contributed by atoms with van der Waals surface area (Å²) >= 11 is 0. The van der Waals surface area contributed by atoms with E-state index in [2.05, 4.69) is 36.2 Å². The van der Waals surface area contributed by atoms with Crippen LogP contribution in [0.4, 0.5) is 0 Å². The third kappa shape index (κ3) is 0.909. The van der Waals surface area contributed by atoms with Crippen molar-refractivity contribution in [3.8, 4) is 0 Å². The fourth-order valence-corrected chi connectivity index (χ4v) is 1.97. The topological polar surface area (TPSA) is 28.9 Å². The number of hydrogen-bond donors (Lipinski definition) is 1. The second kappa shape index (κ2) is 2.41. The molecule has 0 aliphatic carbocycles. The van der Waals surface area contributed by atoms with Gasteiger partial charge in [0.2, 0.25) is 0 Å². The summed E-state index contributed by atoms with van der Waals surface area (Å²) in [6, 6.07) is 8.38. The Morgan fingerprint density at radius 2 is 2.00 bits per heavy atom. The number of aromatic nitrogens is 1. The standard InChI is InChI=1S/C12H11NO/c1-7-5-10-11(13-7)4-3-9-6-8(2)14-12(9)10/h3-6,13H,1-2H3. The number of rotatable bonds is 0. The SMILES string of the molecule is Cc1cc2c(ccc3cc(C)oc32)[nH]1. The Bertz CT molecular complexity index is 560. The van der Waals surface area contributed by atoms with Crippen molar-refractivity contribution in [3.63, 3.8) is 0 Å². The minimum Gasteiger partial charge on any atom is -0.461 e. The van der Waals surface area contributed by atoms with Crippen molar-refractivity contribution in [1.29, 1.82) is 0 Å². The third-order valence-electron chi connectivity index (χ3n) is 2.54. The van der Waals surface area contributed by atoms with Crippen molar-refractivity contribution < 1.29 is 4.42 Å². The Balaban J connectivity index is 2.58. The van der Waals surface area contributed by atoms with Crippen molar-refractivity contribution in [2.45, 2.75) is 13.8 Å². The Morgan fingerprint density at radius 1 is 1.14 bits per heavy atom. The highest BCUT2D eigenvalue weighted by Gasteiger charge is 2.06. The van der Waals surface area contributed by atoms with Gasteiger partial charge >= 0.3 is 0 Å². The van der Waals surface area contributed by atoms with Crippen LogP contribution in [-0.4, -0.2) is 4.98 Å². The van der Waals surface area contributed by atoms with Gasteiger partial charge in [-0.2, -0.15) is 0 Å². The summed E-state index contributed by atoms with van der Waals surface area (Å²) in [6.07, 6.45) is 0. The van der Waals surface area contributed by atoms with Gasteiger partial charge in [-0.3, -0.25) is 0 Å². The largest absolute Gasteiger partial charge is 0.461 e. The Kier molecular flexibility index (Phi) is 1.32. The van der Waals surface area contributed by atoms with Gasteiger partial charge in [-0.1, -0.05) is 0 Å². The number of benzene rings is 1. The zero-order valence-corrected chi connectivity index (χ0v) is 8.22. The average molecular weight is 185 g/mol. The van der Waals surface area contributed by atoms with Gasteiger partial charge < -0.3 is 9.40 Å². The monoisotopic (exact) mass is 185 g/mol. The maximum atomic E-state index is 5.67. The number of hydrogen-bond acceptors (Lipinski definition) is 1. The van der Waals surface area contributed by atoms with E-state index in [-0.39, 0.29) is 0 Å². The van der Waals surface area contributed by atoms with E-state index in [0.29, 0.717) is 0 Å². The van der Waals surface area contributed by atoms with Gasteiger partial charge in [-0.05, 0) is 38.1 Å². The summed E-state index contributed by atoms with van der Waals surface area (Å²) in [6.45, 7) is 4.03. The van der Waals surface area contributed by atoms with Crippen molar-refractivity contribution in [1.82, 2.24) is 4.98 Å². The van der Waals surface area contributed by atoms with Gasteiger partial charge in [0.15, 0.2) is 0 Å². The molecule has 1 aromatic carbocycles. The fraction of sp³-hybridized carbons (Fsp3) is 0.167. The normalized spacial score (nSPS) is 11.6. The average Bonchev–Trinajstić information content (AvgIpc) is 2.65. The molecule has 2 heterocycles. The van der Waals surface area contributed by atoms with Crippen LogP contribution in [0.3, 0.4) is 0 Å². The highest BCUT2D eigenvalue weighted by molar-refractivity contribution is 6.03. The minimum absolute atomic E-state index is 0.964. The van der Waals surface area contributed by atoms with E-state index in [4.69, 9.17) is 4.42 Å². The van der Waals surface area contributed by atoms with Gasteiger partial charge in [0, 0.05) is 22.0 Å². The van der Waals surface area contributed by atoms with Crippen LogP contribution in [0.25, 0.3) is 21.9 Å². The van der Waals surface area contributed by atoms with Crippen LogP contribution in [0.1, 0.15) is 11.5 Å². The van der Waals surface area contributed by atoms with Crippen LogP contribution in [-0.2, 0) is 0 Å². The van der Waals surface area contributed by atoms with E-state index in [0.717, 1.165) is 16.9 Å². The lowest BCUT2D eigenvalue weighted by Crippen LogP contribution is -1.68. The molecule has 0 aliphatic rings. The predicted molar refractivity (Wildman–Crippen MR) is 57.5 cm³/mol. The minimum atomic E-state index is 0.964. The molecule has 0 fully saturated rings. The van der Waals surface area contributed by atoms with Gasteiger partial charge in [-0.15, -0.1) is 0 Å². The second-order valence-corrected chi connectivity index (χ2v) is 3.75. The summed E-state index contributed by atoms with van der Waals surface area (Å²) < 4.78 is 5.67. The molecule has 1 N–H and O–H groups in total. The number of furan rings is 1. The molecule has 2 heteroatoms. The molecule has 70 valence electrons. The van der Waals surface area contributed by atoms with Crippen LogP contribution >= 0.6 is 0 Å². The predicted octanol–water partition coefficient (Wildman–Crippen LogP) is 3.53. The number of H-pyrrole nitrogens is 1. The molecule has 0 aliphatic heterocycles. The van der Waals surface area contributed by atoms with Gasteiger partial charge in [0.25, 0.3) is 0 Å². The van der Waals surface area contributed by atoms with E-state index in [9.17, 15) is 0 Å². The molecule has 0 amide bonds. The summed E-state index contributed by atoms with van der Waals surface area (Å²) in [5.41, 5.74) is 3.30. The van der Waals surface area contributed by atoms with Crippen molar-refractivity contribution >= 4 is 21.9 Å². The molecule has 0 spiro atoms. The first-order valence-corrected chi connectivity index (χ1v) is 4.72. The van der Waals surface area contributed by atoms with E-state index in [1.807, 2.05) is 6.92 Å². The first kappa shape index (κ1) is 7.68. The van der Waals surface area contributed by atoms with E-state index in [1.165, 1.54) is 16.5 Å². The maximum Gasteiger partial charge on any atom is 0.143 e. The van der Waals surface area contributed by atoms with E-state index < -0.39 is 0 Å². The Labute approximate surface area is 81.5 Å². The number of aryl methyl sites for hydroxylation is 2. The second-order valence-electron chi connectivity index (χ2n) is 3.75. The van der Waals surface area contributed by atoms with Crippen LogP contribution in [0.5, 0.6) is 0 Å². The Hall–Kier alpha value is -1.70. The molecule has 0 saturated carbocycles. The molecule has 0 saturated heterocycles. The molecule has 2 nitrogen and oxygen atoms in total. The van der Waals surface area contributed by atoms with Gasteiger partial charge in [0.05, 0.1) is 0 Å². The zero-order valence-electron chi connectivity index (χ0n) is 8.22. The highest BCUT2D eigenvalue weighted by atomic mass is 16.3. The molecule has 0 bridgehead atoms. The Morgan fingerprint density at radius 3 is 2.86 bits per heavy atom. The van der Waals surface area contributed by atoms with Crippen LogP contribution < -0.4 is 0 Å². The molecule has 3 rings (SSSR count). The lowest BCUT2D eigenvalue weighted by Gasteiger charge is -1.90. The maximum absolute atomic E-state index is 5.67. The van der Waals surface area contributed by atoms with Gasteiger partial charge in [-0.25, -0.2) is 0 Å². The molecule has 2 aromatic heterocycles. The number of nitrogens with one attached hydrogen (secondary N) is 1. The first-order chi connectivity index (χ1) is 6.74. The van der Waals surface area contributed by atoms with Crippen LogP contribution in [0.15, 0.2) is 28.7 Å². The molecule has 0 unspecified atom stereocenters. The molecule has 3 aromatic rings. The van der Waals surface area contributed by atoms with Gasteiger partial charge in [0.1, 0.15) is 11.3 Å². The summed E-state index contributed by atoms with van der Waals surface area (Å²) in [5, 5.41) is 2.35. The number of aromatic amines is 1. The quantitative estimate of drug-likeness (QED) is 0.570.